The summed E-state index contributed by atoms with van der Waals surface area (Å²) >= 11 is 0. The molecule has 0 atom stereocenters. The highest BCUT2D eigenvalue weighted by Crippen LogP contribution is 2.35. The molecular weight excluding hydrogens is 282 g/mol. The highest BCUT2D eigenvalue weighted by Gasteiger charge is 2.29. The van der Waals surface area contributed by atoms with E-state index in [1.807, 2.05) is 0 Å². The van der Waals surface area contributed by atoms with Crippen LogP contribution in [0.4, 0.5) is 11.4 Å². The van der Waals surface area contributed by atoms with Crippen molar-refractivity contribution >= 4 is 21.4 Å². The maximum absolute atomic E-state index is 11.5. The number of nitro groups is 1. The molecule has 1 fully saturated rings. The normalized spacial score (nSPS) is 15.7. The molecule has 0 unspecified atom stereocenters. The third kappa shape index (κ3) is 2.91. The van der Waals surface area contributed by atoms with Crippen molar-refractivity contribution in [3.8, 4) is 0 Å². The average molecular weight is 299 g/mol. The number of anilines is 1. The quantitative estimate of drug-likeness (QED) is 0.654. The van der Waals surface area contributed by atoms with Crippen LogP contribution >= 0.6 is 0 Å². The molecule has 0 saturated heterocycles. The first-order chi connectivity index (χ1) is 9.30. The van der Waals surface area contributed by atoms with Gasteiger partial charge in [-0.05, 0) is 30.9 Å². The summed E-state index contributed by atoms with van der Waals surface area (Å²) in [5.74, 6) is 0.512. The second kappa shape index (κ2) is 5.37. The van der Waals surface area contributed by atoms with Gasteiger partial charge in [0, 0.05) is 13.6 Å². The van der Waals surface area contributed by atoms with Crippen LogP contribution in [0, 0.1) is 16.0 Å². The van der Waals surface area contributed by atoms with Gasteiger partial charge < -0.3 is 4.90 Å². The van der Waals surface area contributed by atoms with E-state index in [9.17, 15) is 18.5 Å². The van der Waals surface area contributed by atoms with Crippen molar-refractivity contribution in [2.45, 2.75) is 24.2 Å². The SMILES string of the molecule is CN(CC1CCC1)c1cccc(S(N)(=O)=O)c1[N+](=O)[O-]. The molecule has 110 valence electrons. The number of nitrogens with two attached hydrogens (primary N) is 1. The van der Waals surface area contributed by atoms with Gasteiger partial charge in [0.1, 0.15) is 5.69 Å². The van der Waals surface area contributed by atoms with Crippen molar-refractivity contribution < 1.29 is 13.3 Å². The van der Waals surface area contributed by atoms with Crippen LogP contribution in [-0.2, 0) is 10.0 Å². The molecule has 0 heterocycles. The van der Waals surface area contributed by atoms with Gasteiger partial charge in [-0.15, -0.1) is 0 Å². The Hall–Kier alpha value is -1.67. The smallest absolute Gasteiger partial charge is 0.312 e. The maximum Gasteiger partial charge on any atom is 0.312 e. The summed E-state index contributed by atoms with van der Waals surface area (Å²) in [5, 5.41) is 16.3. The van der Waals surface area contributed by atoms with E-state index in [1.54, 1.807) is 18.0 Å². The van der Waals surface area contributed by atoms with Crippen LogP contribution in [0.3, 0.4) is 0 Å². The Kier molecular flexibility index (Phi) is 3.96. The number of nitro benzene ring substituents is 1. The first kappa shape index (κ1) is 14.7. The summed E-state index contributed by atoms with van der Waals surface area (Å²) < 4.78 is 23.0. The van der Waals surface area contributed by atoms with Crippen LogP contribution < -0.4 is 10.0 Å². The Morgan fingerprint density at radius 3 is 2.55 bits per heavy atom. The predicted octanol–water partition coefficient (Wildman–Crippen LogP) is 1.48. The van der Waals surface area contributed by atoms with Crippen LogP contribution in [0.15, 0.2) is 23.1 Å². The summed E-state index contributed by atoms with van der Waals surface area (Å²) in [5.41, 5.74) is -0.162. The molecule has 1 aromatic rings. The maximum atomic E-state index is 11.5. The van der Waals surface area contributed by atoms with E-state index in [0.29, 0.717) is 12.5 Å². The number of hydrogen-bond donors (Lipinski definition) is 1. The number of sulfonamides is 1. The lowest BCUT2D eigenvalue weighted by Crippen LogP contribution is -2.30. The van der Waals surface area contributed by atoms with E-state index < -0.39 is 25.5 Å². The van der Waals surface area contributed by atoms with Crippen molar-refractivity contribution in [1.82, 2.24) is 0 Å². The van der Waals surface area contributed by atoms with Gasteiger partial charge in [-0.1, -0.05) is 12.5 Å². The largest absolute Gasteiger partial charge is 0.369 e. The first-order valence-electron chi connectivity index (χ1n) is 6.32. The lowest BCUT2D eigenvalue weighted by Gasteiger charge is -2.31. The Labute approximate surface area is 117 Å². The van der Waals surface area contributed by atoms with Crippen LogP contribution in [0.1, 0.15) is 19.3 Å². The molecule has 1 saturated carbocycles. The van der Waals surface area contributed by atoms with Gasteiger partial charge in [-0.2, -0.15) is 0 Å². The second-order valence-electron chi connectivity index (χ2n) is 5.10. The zero-order valence-corrected chi connectivity index (χ0v) is 12.0. The molecule has 7 nitrogen and oxygen atoms in total. The monoisotopic (exact) mass is 299 g/mol. The van der Waals surface area contributed by atoms with Crippen LogP contribution in [0.2, 0.25) is 0 Å². The summed E-state index contributed by atoms with van der Waals surface area (Å²) in [6.45, 7) is 0.676. The number of benzene rings is 1. The molecule has 0 amide bonds. The number of primary sulfonamides is 1. The zero-order chi connectivity index (χ0) is 14.9. The summed E-state index contributed by atoms with van der Waals surface area (Å²) in [4.78, 5) is 11.8. The summed E-state index contributed by atoms with van der Waals surface area (Å²) in [7, 11) is -2.39. The Morgan fingerprint density at radius 1 is 1.45 bits per heavy atom. The molecule has 0 bridgehead atoms. The lowest BCUT2D eigenvalue weighted by atomic mass is 9.85. The number of rotatable bonds is 5. The summed E-state index contributed by atoms with van der Waals surface area (Å²) in [6, 6.07) is 4.18. The van der Waals surface area contributed by atoms with E-state index in [0.717, 1.165) is 18.9 Å². The van der Waals surface area contributed by atoms with Crippen LogP contribution in [0.5, 0.6) is 0 Å². The molecule has 20 heavy (non-hydrogen) atoms. The van der Waals surface area contributed by atoms with E-state index in [1.165, 1.54) is 12.5 Å². The molecule has 1 aliphatic carbocycles. The molecule has 2 N–H and O–H groups in total. The first-order valence-corrected chi connectivity index (χ1v) is 7.86. The molecule has 0 aromatic heterocycles. The van der Waals surface area contributed by atoms with Gasteiger partial charge >= 0.3 is 5.69 Å². The van der Waals surface area contributed by atoms with Crippen molar-refractivity contribution in [1.29, 1.82) is 0 Å². The zero-order valence-electron chi connectivity index (χ0n) is 11.2. The van der Waals surface area contributed by atoms with E-state index in [2.05, 4.69) is 0 Å². The number of hydrogen-bond acceptors (Lipinski definition) is 5. The minimum Gasteiger partial charge on any atom is -0.369 e. The fourth-order valence-corrected chi connectivity index (χ4v) is 3.11. The van der Waals surface area contributed by atoms with Gasteiger partial charge in [-0.25, -0.2) is 13.6 Å². The third-order valence-corrected chi connectivity index (χ3v) is 4.58. The molecule has 1 aromatic carbocycles. The second-order valence-corrected chi connectivity index (χ2v) is 6.63. The molecule has 0 aliphatic heterocycles. The third-order valence-electron chi connectivity index (χ3n) is 3.63. The van der Waals surface area contributed by atoms with Crippen LogP contribution in [-0.4, -0.2) is 26.9 Å². The molecule has 8 heteroatoms. The lowest BCUT2D eigenvalue weighted by molar-refractivity contribution is -0.387. The molecule has 0 spiro atoms. The molecule has 2 rings (SSSR count). The minimum atomic E-state index is -4.12. The van der Waals surface area contributed by atoms with Crippen molar-refractivity contribution in [2.75, 3.05) is 18.5 Å². The van der Waals surface area contributed by atoms with Gasteiger partial charge in [0.25, 0.3) is 0 Å². The minimum absolute atomic E-state index is 0.286. The molecular formula is C12H17N3O4S. The van der Waals surface area contributed by atoms with E-state index >= 15 is 0 Å². The standard InChI is InChI=1S/C12H17N3O4S/c1-14(8-9-4-2-5-9)10-6-3-7-11(20(13,18)19)12(10)15(16)17/h3,6-7,9H,2,4-5,8H2,1H3,(H2,13,18,19). The summed E-state index contributed by atoms with van der Waals surface area (Å²) in [6.07, 6.45) is 3.39. The topological polar surface area (TPSA) is 107 Å². The van der Waals surface area contributed by atoms with Gasteiger partial charge in [0.2, 0.25) is 10.0 Å². The van der Waals surface area contributed by atoms with Gasteiger partial charge in [0.05, 0.1) is 4.92 Å². The van der Waals surface area contributed by atoms with Gasteiger partial charge in [0.15, 0.2) is 4.90 Å². The fourth-order valence-electron chi connectivity index (χ4n) is 2.39. The predicted molar refractivity (Wildman–Crippen MR) is 75.1 cm³/mol. The fraction of sp³-hybridized carbons (Fsp3) is 0.500. The molecule has 1 aliphatic rings. The van der Waals surface area contributed by atoms with E-state index in [4.69, 9.17) is 5.14 Å². The van der Waals surface area contributed by atoms with Crippen LogP contribution in [0.25, 0.3) is 0 Å². The highest BCUT2D eigenvalue weighted by molar-refractivity contribution is 7.89. The van der Waals surface area contributed by atoms with Crippen molar-refractivity contribution in [3.05, 3.63) is 28.3 Å². The van der Waals surface area contributed by atoms with Gasteiger partial charge in [-0.3, -0.25) is 10.1 Å². The number of nitrogens with zero attached hydrogens (tertiary/aromatic N) is 2. The Bertz CT molecular complexity index is 626. The Balaban J connectivity index is 2.43. The Morgan fingerprint density at radius 2 is 2.10 bits per heavy atom. The number of para-hydroxylation sites is 1. The van der Waals surface area contributed by atoms with Crippen molar-refractivity contribution in [2.24, 2.45) is 11.1 Å². The highest BCUT2D eigenvalue weighted by atomic mass is 32.2. The average Bonchev–Trinajstić information content (AvgIpc) is 2.31. The van der Waals surface area contributed by atoms with E-state index in [-0.39, 0.29) is 5.69 Å². The molecule has 0 radical (unpaired) electrons. The van der Waals surface area contributed by atoms with Crippen molar-refractivity contribution in [3.63, 3.8) is 0 Å².